The van der Waals surface area contributed by atoms with Crippen molar-refractivity contribution < 1.29 is 38.1 Å². The van der Waals surface area contributed by atoms with E-state index in [1.165, 1.54) is 14.2 Å². The molecule has 300 valence electrons. The third-order valence-electron chi connectivity index (χ3n) is 8.95. The second-order valence-corrected chi connectivity index (χ2v) is 17.2. The van der Waals surface area contributed by atoms with Gasteiger partial charge in [-0.2, -0.15) is 0 Å². The topological polar surface area (TPSA) is 144 Å². The highest BCUT2D eigenvalue weighted by atomic mass is 127. The monoisotopic (exact) mass is 930 g/mol. The molecule has 4 heterocycles. The molecule has 2 fully saturated rings. The molecule has 2 aliphatic rings. The van der Waals surface area contributed by atoms with Gasteiger partial charge >= 0.3 is 24.1 Å². The van der Waals surface area contributed by atoms with Crippen molar-refractivity contribution in [3.8, 4) is 0 Å². The first-order valence-electron chi connectivity index (χ1n) is 18.2. The van der Waals surface area contributed by atoms with Gasteiger partial charge in [0, 0.05) is 38.3 Å². The van der Waals surface area contributed by atoms with Crippen molar-refractivity contribution in [3.05, 3.63) is 44.0 Å². The van der Waals surface area contributed by atoms with Crippen LogP contribution in [0.3, 0.4) is 0 Å². The van der Waals surface area contributed by atoms with E-state index < -0.39 is 23.1 Å². The van der Waals surface area contributed by atoms with Gasteiger partial charge in [-0.15, -0.1) is 0 Å². The van der Waals surface area contributed by atoms with E-state index in [-0.39, 0.29) is 47.7 Å². The lowest BCUT2D eigenvalue weighted by Crippen LogP contribution is -2.59. The molecule has 54 heavy (non-hydrogen) atoms. The Kier molecular flexibility index (Phi) is 15.8. The van der Waals surface area contributed by atoms with Gasteiger partial charge in [0.05, 0.1) is 37.7 Å². The zero-order chi connectivity index (χ0) is 40.7. The summed E-state index contributed by atoms with van der Waals surface area (Å²) in [4.78, 5) is 65.3. The van der Waals surface area contributed by atoms with Crippen molar-refractivity contribution in [1.82, 2.24) is 19.8 Å². The summed E-state index contributed by atoms with van der Waals surface area (Å²) < 4.78 is 21.9. The smallest absolute Gasteiger partial charge is 0.410 e. The van der Waals surface area contributed by atoms with E-state index in [2.05, 4.69) is 86.0 Å². The number of carbonyl (C=O) groups is 4. The normalized spacial score (nSPS) is 20.4. The number of methoxy groups -OCH3 is 2. The van der Waals surface area contributed by atoms with E-state index in [4.69, 9.17) is 18.9 Å². The summed E-state index contributed by atoms with van der Waals surface area (Å²) in [6.45, 7) is 22.0. The maximum Gasteiger partial charge on any atom is 0.410 e. The average molecular weight is 932 g/mol. The van der Waals surface area contributed by atoms with Gasteiger partial charge in [-0.05, 0) is 131 Å². The van der Waals surface area contributed by atoms with Crippen molar-refractivity contribution in [1.29, 1.82) is 0 Å². The average Bonchev–Trinajstić information content (AvgIpc) is 3.09. The summed E-state index contributed by atoms with van der Waals surface area (Å²) in [6.07, 6.45) is 1.09. The Balaban J connectivity index is 0.000000290. The minimum Gasteiger partial charge on any atom is -0.464 e. The molecule has 4 rings (SSSR count). The highest BCUT2D eigenvalue weighted by molar-refractivity contribution is 14.1. The first-order valence-corrected chi connectivity index (χ1v) is 20.0. The molecule has 0 aliphatic carbocycles. The van der Waals surface area contributed by atoms with Crippen molar-refractivity contribution in [3.63, 3.8) is 0 Å². The molecule has 2 aliphatic heterocycles. The number of rotatable bonds is 6. The van der Waals surface area contributed by atoms with Crippen LogP contribution in [0.15, 0.2) is 28.9 Å². The fourth-order valence-electron chi connectivity index (χ4n) is 6.25. The molecule has 2 amide bonds. The Labute approximate surface area is 341 Å². The molecule has 2 aromatic heterocycles. The molecule has 0 saturated carbocycles. The number of carbonyl (C=O) groups excluding carboxylic acids is 4. The zero-order valence-corrected chi connectivity index (χ0v) is 37.3. The van der Waals surface area contributed by atoms with E-state index in [0.717, 1.165) is 27.9 Å². The molecule has 0 unspecified atom stereocenters. The molecular formula is C38H56BrIN6O8. The van der Waals surface area contributed by atoms with Crippen LogP contribution < -0.4 is 9.80 Å². The maximum atomic E-state index is 12.6. The summed E-state index contributed by atoms with van der Waals surface area (Å²) in [5.74, 6) is -0.926. The fraction of sp³-hybridized carbons (Fsp3) is 0.632. The Morgan fingerprint density at radius 1 is 0.704 bits per heavy atom. The first kappa shape index (κ1) is 45.0. The predicted molar refractivity (Wildman–Crippen MR) is 219 cm³/mol. The van der Waals surface area contributed by atoms with Gasteiger partial charge in [-0.1, -0.05) is 13.8 Å². The SMILES string of the molecule is CC[C@H]1CN(c2ccc(C(=O)OC)nc2Br)[C@H](C)CN1C(=O)OC(C)(C)C.CC[C@H]1CN(c2ccc(C(=O)OC)nc2I)[C@H](C)CN1C(=O)OC(C)(C)C. The number of amides is 2. The largest absolute Gasteiger partial charge is 0.464 e. The minimum absolute atomic E-state index is 0.0308. The summed E-state index contributed by atoms with van der Waals surface area (Å²) in [5, 5.41) is 0. The summed E-state index contributed by atoms with van der Waals surface area (Å²) in [5.41, 5.74) is 1.35. The van der Waals surface area contributed by atoms with Gasteiger partial charge < -0.3 is 38.5 Å². The van der Waals surface area contributed by atoms with Crippen LogP contribution in [0.25, 0.3) is 0 Å². The summed E-state index contributed by atoms with van der Waals surface area (Å²) in [7, 11) is 2.67. The molecule has 14 nitrogen and oxygen atoms in total. The molecule has 0 spiro atoms. The van der Waals surface area contributed by atoms with Crippen LogP contribution in [-0.2, 0) is 18.9 Å². The molecular weight excluding hydrogens is 875 g/mol. The van der Waals surface area contributed by atoms with E-state index in [0.29, 0.717) is 30.8 Å². The van der Waals surface area contributed by atoms with Crippen LogP contribution in [0.4, 0.5) is 21.0 Å². The fourth-order valence-corrected chi connectivity index (χ4v) is 7.55. The van der Waals surface area contributed by atoms with Gasteiger partial charge in [0.25, 0.3) is 0 Å². The van der Waals surface area contributed by atoms with Gasteiger partial charge in [-0.25, -0.2) is 29.1 Å². The number of hydrogen-bond donors (Lipinski definition) is 0. The van der Waals surface area contributed by atoms with Crippen molar-refractivity contribution >= 4 is 74.0 Å². The number of anilines is 2. The van der Waals surface area contributed by atoms with Gasteiger partial charge in [0.15, 0.2) is 0 Å². The second kappa shape index (κ2) is 19.0. The number of hydrogen-bond acceptors (Lipinski definition) is 12. The number of nitrogens with zero attached hydrogens (tertiary/aromatic N) is 6. The number of pyridine rings is 2. The van der Waals surface area contributed by atoms with Crippen LogP contribution in [0, 0.1) is 3.70 Å². The Morgan fingerprint density at radius 2 is 1.09 bits per heavy atom. The summed E-state index contributed by atoms with van der Waals surface area (Å²) >= 11 is 5.61. The van der Waals surface area contributed by atoms with Crippen LogP contribution in [0.2, 0.25) is 0 Å². The molecule has 4 atom stereocenters. The maximum absolute atomic E-state index is 12.6. The third kappa shape index (κ3) is 11.8. The van der Waals surface area contributed by atoms with Crippen molar-refractivity contribution in [2.75, 3.05) is 50.2 Å². The highest BCUT2D eigenvalue weighted by Gasteiger charge is 2.38. The number of aromatic nitrogens is 2. The second-order valence-electron chi connectivity index (χ2n) is 15.4. The molecule has 0 aromatic carbocycles. The van der Waals surface area contributed by atoms with E-state index in [1.807, 2.05) is 63.5 Å². The molecule has 0 bridgehead atoms. The number of ether oxygens (including phenoxy) is 4. The lowest BCUT2D eigenvalue weighted by Gasteiger charge is -2.46. The number of halogens is 2. The van der Waals surface area contributed by atoms with Gasteiger partial charge in [0.2, 0.25) is 0 Å². The molecule has 2 saturated heterocycles. The Morgan fingerprint density at radius 3 is 1.44 bits per heavy atom. The van der Waals surface area contributed by atoms with Crippen molar-refractivity contribution in [2.45, 2.75) is 117 Å². The Bertz CT molecular complexity index is 1530. The predicted octanol–water partition coefficient (Wildman–Crippen LogP) is 7.55. The van der Waals surface area contributed by atoms with E-state index in [1.54, 1.807) is 12.1 Å². The minimum atomic E-state index is -0.521. The highest BCUT2D eigenvalue weighted by Crippen LogP contribution is 2.32. The Hall–Kier alpha value is -3.41. The van der Waals surface area contributed by atoms with Gasteiger partial charge in [-0.3, -0.25) is 0 Å². The molecule has 0 radical (unpaired) electrons. The molecule has 16 heteroatoms. The third-order valence-corrected chi connectivity index (χ3v) is 10.3. The lowest BCUT2D eigenvalue weighted by molar-refractivity contribution is 0.00963. The lowest BCUT2D eigenvalue weighted by atomic mass is 10.0. The van der Waals surface area contributed by atoms with Crippen LogP contribution in [0.1, 0.15) is 103 Å². The van der Waals surface area contributed by atoms with Crippen LogP contribution in [0.5, 0.6) is 0 Å². The van der Waals surface area contributed by atoms with Crippen molar-refractivity contribution in [2.24, 2.45) is 0 Å². The standard InChI is InChI=1S/C19H28BrN3O4.C19H28IN3O4/c2*1-7-13-11-22(12(2)10-23(13)18(25)27-19(3,4)5)15-9-8-14(17(24)26-6)21-16(15)20/h2*8-9,12-13H,7,10-11H2,1-6H3/t2*12-,13+/m11/s1. The molecule has 2 aromatic rings. The van der Waals surface area contributed by atoms with Gasteiger partial charge in [0.1, 0.15) is 30.9 Å². The van der Waals surface area contributed by atoms with E-state index in [9.17, 15) is 19.2 Å². The van der Waals surface area contributed by atoms with E-state index >= 15 is 0 Å². The number of esters is 2. The summed E-state index contributed by atoms with van der Waals surface area (Å²) in [6, 6.07) is 7.33. The molecule has 0 N–H and O–H groups in total. The zero-order valence-electron chi connectivity index (χ0n) is 33.6. The first-order chi connectivity index (χ1) is 25.1. The van der Waals surface area contributed by atoms with Crippen LogP contribution >= 0.6 is 38.5 Å². The van der Waals surface area contributed by atoms with Crippen LogP contribution in [-0.4, -0.2) is 120 Å². The number of piperazine rings is 2. The quantitative estimate of drug-likeness (QED) is 0.122.